The van der Waals surface area contributed by atoms with Crippen molar-refractivity contribution in [2.45, 2.75) is 0 Å². The molecule has 0 atom stereocenters. The van der Waals surface area contributed by atoms with Crippen molar-refractivity contribution >= 4 is 111 Å². The summed E-state index contributed by atoms with van der Waals surface area (Å²) in [5, 5.41) is 12.5. The number of hydrogen-bond acceptors (Lipinski definition) is 2. The van der Waals surface area contributed by atoms with Crippen LogP contribution in [0.25, 0.3) is 109 Å². The first-order chi connectivity index (χ1) is 40.1. The van der Waals surface area contributed by atoms with Crippen LogP contribution in [0.3, 0.4) is 0 Å². The molecule has 0 unspecified atom stereocenters. The van der Waals surface area contributed by atoms with E-state index in [1.54, 1.807) is 0 Å². The SMILES string of the molecule is c1ccc(-c2cc(-c3ccccc3)cc(N3c4cc5ccccc5cc4B4c5cc6ccccc6cc5N(c5cc(-c6ccccc6)cc(-c6ccccc6)c5)c5cc(-c6ccc7ccc8cccc9ccc6c7c89)cc3c54)c2)cc1. The number of fused-ring (bicyclic) bond motifs is 6. The monoisotopic (exact) mass is 1020 g/mol. The number of hydrogen-bond donors (Lipinski definition) is 0. The van der Waals surface area contributed by atoms with Gasteiger partial charge < -0.3 is 9.80 Å². The lowest BCUT2D eigenvalue weighted by Gasteiger charge is -2.45. The Bertz CT molecular complexity index is 4630. The first-order valence-electron chi connectivity index (χ1n) is 28.2. The van der Waals surface area contributed by atoms with E-state index < -0.39 is 0 Å². The van der Waals surface area contributed by atoms with Crippen molar-refractivity contribution in [3.63, 3.8) is 0 Å². The van der Waals surface area contributed by atoms with Crippen LogP contribution in [0, 0.1) is 0 Å². The highest BCUT2D eigenvalue weighted by atomic mass is 15.2. The summed E-state index contributed by atoms with van der Waals surface area (Å²) in [6.07, 6.45) is 0. The smallest absolute Gasteiger partial charge is 0.252 e. The molecule has 374 valence electrons. The van der Waals surface area contributed by atoms with Crippen LogP contribution >= 0.6 is 0 Å². The van der Waals surface area contributed by atoms with Crippen LogP contribution in [-0.2, 0) is 0 Å². The second kappa shape index (κ2) is 18.0. The average molecular weight is 1030 g/mol. The zero-order valence-electron chi connectivity index (χ0n) is 44.3. The van der Waals surface area contributed by atoms with E-state index in [-0.39, 0.29) is 6.71 Å². The van der Waals surface area contributed by atoms with Crippen molar-refractivity contribution in [2.75, 3.05) is 9.80 Å². The van der Waals surface area contributed by atoms with E-state index in [0.29, 0.717) is 0 Å². The van der Waals surface area contributed by atoms with Crippen molar-refractivity contribution in [1.82, 2.24) is 0 Å². The maximum Gasteiger partial charge on any atom is 0.252 e. The van der Waals surface area contributed by atoms with E-state index >= 15 is 0 Å². The molecule has 81 heavy (non-hydrogen) atoms. The third-order valence-electron chi connectivity index (χ3n) is 17.4. The molecule has 0 saturated heterocycles. The molecule has 2 heterocycles. The average Bonchev–Trinajstić information content (AvgIpc) is 3.65. The molecule has 2 aliphatic heterocycles. The first kappa shape index (κ1) is 45.5. The Balaban J connectivity index is 1.04. The molecule has 17 rings (SSSR count). The van der Waals surface area contributed by atoms with Crippen LogP contribution < -0.4 is 26.2 Å². The number of nitrogens with zero attached hydrogens (tertiary/aromatic N) is 2. The Morgan fingerprint density at radius 1 is 0.222 bits per heavy atom. The largest absolute Gasteiger partial charge is 0.311 e. The molecule has 0 amide bonds. The molecule has 0 aromatic heterocycles. The molecule has 0 spiro atoms. The fraction of sp³-hybridized carbons (Fsp3) is 0. The van der Waals surface area contributed by atoms with Crippen LogP contribution in [0.2, 0.25) is 0 Å². The molecule has 0 bridgehead atoms. The molecule has 0 radical (unpaired) electrons. The van der Waals surface area contributed by atoms with E-state index in [1.165, 1.54) is 109 Å². The van der Waals surface area contributed by atoms with Gasteiger partial charge in [0.25, 0.3) is 6.71 Å². The van der Waals surface area contributed by atoms with Crippen LogP contribution in [0.4, 0.5) is 34.1 Å². The highest BCUT2D eigenvalue weighted by Gasteiger charge is 2.44. The van der Waals surface area contributed by atoms with Gasteiger partial charge in [-0.05, 0) is 187 Å². The molecular formula is C78H49BN2. The molecule has 0 saturated carbocycles. The van der Waals surface area contributed by atoms with Gasteiger partial charge in [-0.2, -0.15) is 0 Å². The Morgan fingerprint density at radius 2 is 0.580 bits per heavy atom. The topological polar surface area (TPSA) is 6.48 Å². The van der Waals surface area contributed by atoms with Crippen molar-refractivity contribution in [1.29, 1.82) is 0 Å². The van der Waals surface area contributed by atoms with Crippen LogP contribution in [0.5, 0.6) is 0 Å². The predicted molar refractivity (Wildman–Crippen MR) is 346 cm³/mol. The summed E-state index contributed by atoms with van der Waals surface area (Å²) in [6.45, 7) is -0.117. The summed E-state index contributed by atoms with van der Waals surface area (Å²) in [5.74, 6) is 0. The van der Waals surface area contributed by atoms with Gasteiger partial charge in [0.1, 0.15) is 0 Å². The molecule has 3 heteroatoms. The Kier molecular flexibility index (Phi) is 10.1. The van der Waals surface area contributed by atoms with Gasteiger partial charge in [-0.25, -0.2) is 0 Å². The zero-order valence-corrected chi connectivity index (χ0v) is 44.3. The Morgan fingerprint density at radius 3 is 1.01 bits per heavy atom. The van der Waals surface area contributed by atoms with Gasteiger partial charge in [0.05, 0.1) is 0 Å². The van der Waals surface area contributed by atoms with E-state index in [4.69, 9.17) is 0 Å². The standard InChI is InChI=1S/C78H49BN2/c1-5-18-50(19-6-1)61-38-62(51-20-7-2-8-21-51)41-66(40-61)80-72-46-59-28-15-13-26-57(59)44-70(72)79-71-45-58-27-14-16-29-60(58)47-73(71)81(67-42-63(52-22-9-3-10-23-52)39-64(43-67)53-24-11-4-12-25-53)75-49-65(48-74(80)78(75)79)68-36-34-56-33-32-54-30-17-31-55-35-37-69(68)77(56)76(54)55/h1-49H. The third-order valence-corrected chi connectivity index (χ3v) is 17.4. The summed E-state index contributed by atoms with van der Waals surface area (Å²) in [4.78, 5) is 5.24. The quantitative estimate of drug-likeness (QED) is 0.116. The van der Waals surface area contributed by atoms with Crippen molar-refractivity contribution in [3.05, 3.63) is 297 Å². The number of rotatable bonds is 7. The first-order valence-corrected chi connectivity index (χ1v) is 28.2. The normalized spacial score (nSPS) is 12.6. The summed E-state index contributed by atoms with van der Waals surface area (Å²) < 4.78 is 0. The second-order valence-corrected chi connectivity index (χ2v) is 22.0. The van der Waals surface area contributed by atoms with Gasteiger partial charge in [-0.15, -0.1) is 0 Å². The maximum atomic E-state index is 2.62. The molecule has 15 aromatic carbocycles. The molecule has 0 fully saturated rings. The Labute approximate surface area is 471 Å². The highest BCUT2D eigenvalue weighted by molar-refractivity contribution is 7.00. The van der Waals surface area contributed by atoms with Crippen LogP contribution in [0.1, 0.15) is 0 Å². The fourth-order valence-electron chi connectivity index (χ4n) is 13.7. The van der Waals surface area contributed by atoms with Crippen molar-refractivity contribution in [3.8, 4) is 55.6 Å². The van der Waals surface area contributed by atoms with Gasteiger partial charge in [-0.1, -0.05) is 237 Å². The van der Waals surface area contributed by atoms with Crippen LogP contribution in [0.15, 0.2) is 297 Å². The van der Waals surface area contributed by atoms with Gasteiger partial charge in [0.15, 0.2) is 0 Å². The fourth-order valence-corrected chi connectivity index (χ4v) is 13.7. The predicted octanol–water partition coefficient (Wildman–Crippen LogP) is 19.3. The second-order valence-electron chi connectivity index (χ2n) is 22.0. The minimum absolute atomic E-state index is 0.117. The lowest BCUT2D eigenvalue weighted by atomic mass is 9.33. The molecule has 2 aliphatic rings. The van der Waals surface area contributed by atoms with Gasteiger partial charge >= 0.3 is 0 Å². The molecule has 0 N–H and O–H groups in total. The van der Waals surface area contributed by atoms with E-state index in [1.807, 2.05) is 0 Å². The Hall–Kier alpha value is -10.5. The van der Waals surface area contributed by atoms with E-state index in [2.05, 4.69) is 307 Å². The summed E-state index contributed by atoms with van der Waals surface area (Å²) >= 11 is 0. The van der Waals surface area contributed by atoms with Gasteiger partial charge in [0, 0.05) is 34.1 Å². The lowest BCUT2D eigenvalue weighted by molar-refractivity contribution is 1.26. The molecule has 2 nitrogen and oxygen atoms in total. The van der Waals surface area contributed by atoms with Crippen LogP contribution in [-0.4, -0.2) is 6.71 Å². The zero-order chi connectivity index (χ0) is 53.1. The minimum atomic E-state index is -0.117. The lowest BCUT2D eigenvalue weighted by Crippen LogP contribution is -2.61. The molecular weight excluding hydrogens is 976 g/mol. The minimum Gasteiger partial charge on any atom is -0.311 e. The van der Waals surface area contributed by atoms with E-state index in [0.717, 1.165) is 50.6 Å². The summed E-state index contributed by atoms with van der Waals surface area (Å²) in [6, 6.07) is 112. The molecule has 15 aromatic rings. The molecule has 0 aliphatic carbocycles. The highest BCUT2D eigenvalue weighted by Crippen LogP contribution is 2.51. The van der Waals surface area contributed by atoms with Gasteiger partial charge in [-0.3, -0.25) is 0 Å². The summed E-state index contributed by atoms with van der Waals surface area (Å²) in [7, 11) is 0. The maximum absolute atomic E-state index is 2.62. The summed E-state index contributed by atoms with van der Waals surface area (Å²) in [5.41, 5.74) is 22.5. The van der Waals surface area contributed by atoms with Crippen molar-refractivity contribution < 1.29 is 0 Å². The third kappa shape index (κ3) is 7.29. The van der Waals surface area contributed by atoms with E-state index in [9.17, 15) is 0 Å². The number of anilines is 6. The number of benzene rings is 15. The van der Waals surface area contributed by atoms with Crippen molar-refractivity contribution in [2.24, 2.45) is 0 Å². The van der Waals surface area contributed by atoms with Gasteiger partial charge in [0.2, 0.25) is 0 Å².